The second-order valence-corrected chi connectivity index (χ2v) is 6.99. The zero-order valence-corrected chi connectivity index (χ0v) is 15.3. The minimum absolute atomic E-state index is 1.11. The summed E-state index contributed by atoms with van der Waals surface area (Å²) in [5, 5.41) is 2.50. The Morgan fingerprint density at radius 1 is 0.520 bits per heavy atom. The van der Waals surface area contributed by atoms with Gasteiger partial charge in [-0.25, -0.2) is 0 Å². The Balaban J connectivity index is 1.56. The van der Waals surface area contributed by atoms with Gasteiger partial charge >= 0.3 is 0 Å². The van der Waals surface area contributed by atoms with Crippen molar-refractivity contribution in [3.8, 4) is 11.1 Å². The molecule has 1 heteroatoms. The number of rotatable bonds is 3. The predicted molar refractivity (Wildman–Crippen MR) is 112 cm³/mol. The van der Waals surface area contributed by atoms with Gasteiger partial charge in [-0.15, -0.1) is 0 Å². The number of halogens is 1. The van der Waals surface area contributed by atoms with Crippen LogP contribution in [0.3, 0.4) is 0 Å². The Kier molecular flexibility index (Phi) is 4.49. The highest BCUT2D eigenvalue weighted by molar-refractivity contribution is 9.10. The molecule has 0 bridgehead atoms. The van der Waals surface area contributed by atoms with Crippen LogP contribution in [0.4, 0.5) is 0 Å². The van der Waals surface area contributed by atoms with E-state index in [2.05, 4.69) is 113 Å². The number of hydrogen-bond donors (Lipinski definition) is 0. The maximum absolute atomic E-state index is 3.52. The lowest BCUT2D eigenvalue weighted by Crippen LogP contribution is -1.78. The van der Waals surface area contributed by atoms with Crippen LogP contribution in [0, 0.1) is 0 Å². The minimum atomic E-state index is 1.11. The van der Waals surface area contributed by atoms with E-state index in [9.17, 15) is 0 Å². The predicted octanol–water partition coefficient (Wildman–Crippen LogP) is 7.44. The molecule has 0 heterocycles. The fourth-order valence-electron chi connectivity index (χ4n) is 2.95. The summed E-state index contributed by atoms with van der Waals surface area (Å²) in [6.45, 7) is 0. The Bertz CT molecular complexity index is 1030. The molecule has 0 radical (unpaired) electrons. The summed E-state index contributed by atoms with van der Waals surface area (Å²) in [5.74, 6) is 0. The second kappa shape index (κ2) is 7.08. The van der Waals surface area contributed by atoms with Gasteiger partial charge in [0.2, 0.25) is 0 Å². The van der Waals surface area contributed by atoms with Gasteiger partial charge in [0, 0.05) is 4.47 Å². The van der Waals surface area contributed by atoms with Gasteiger partial charge in [0.1, 0.15) is 0 Å². The highest BCUT2D eigenvalue weighted by Crippen LogP contribution is 2.23. The molecule has 0 aliphatic rings. The molecular weight excluding hydrogens is 368 g/mol. The van der Waals surface area contributed by atoms with Crippen LogP contribution in [0.5, 0.6) is 0 Å². The zero-order chi connectivity index (χ0) is 17.1. The van der Waals surface area contributed by atoms with Crippen LogP contribution in [0.15, 0.2) is 95.5 Å². The Morgan fingerprint density at radius 3 is 1.92 bits per heavy atom. The molecule has 4 aromatic carbocycles. The zero-order valence-electron chi connectivity index (χ0n) is 13.7. The van der Waals surface area contributed by atoms with Gasteiger partial charge in [-0.05, 0) is 51.2 Å². The average Bonchev–Trinajstić information content (AvgIpc) is 2.67. The molecule has 25 heavy (non-hydrogen) atoms. The van der Waals surface area contributed by atoms with E-state index in [0.29, 0.717) is 0 Å². The van der Waals surface area contributed by atoms with Gasteiger partial charge in [-0.1, -0.05) is 101 Å². The maximum atomic E-state index is 3.52. The molecule has 4 aromatic rings. The van der Waals surface area contributed by atoms with Gasteiger partial charge in [-0.2, -0.15) is 0 Å². The van der Waals surface area contributed by atoms with Crippen LogP contribution in [0.2, 0.25) is 0 Å². The molecule has 0 aliphatic heterocycles. The van der Waals surface area contributed by atoms with E-state index in [-0.39, 0.29) is 0 Å². The van der Waals surface area contributed by atoms with Gasteiger partial charge < -0.3 is 0 Å². The van der Waals surface area contributed by atoms with Crippen molar-refractivity contribution < 1.29 is 0 Å². The van der Waals surface area contributed by atoms with Crippen molar-refractivity contribution in [3.05, 3.63) is 107 Å². The summed E-state index contributed by atoms with van der Waals surface area (Å²) in [4.78, 5) is 0. The van der Waals surface area contributed by atoms with E-state index in [0.717, 1.165) is 4.47 Å². The van der Waals surface area contributed by atoms with Crippen LogP contribution in [-0.2, 0) is 0 Å². The fraction of sp³-hybridized carbons (Fsp3) is 0. The summed E-state index contributed by atoms with van der Waals surface area (Å²) in [6.07, 6.45) is 4.33. The summed E-state index contributed by atoms with van der Waals surface area (Å²) in [7, 11) is 0. The molecule has 0 spiro atoms. The first-order valence-corrected chi connectivity index (χ1v) is 9.10. The molecule has 0 aromatic heterocycles. The normalized spacial score (nSPS) is 11.2. The summed E-state index contributed by atoms with van der Waals surface area (Å²) in [6, 6.07) is 32.0. The highest BCUT2D eigenvalue weighted by atomic mass is 79.9. The van der Waals surface area contributed by atoms with Crippen molar-refractivity contribution in [1.82, 2.24) is 0 Å². The van der Waals surface area contributed by atoms with Crippen molar-refractivity contribution in [2.45, 2.75) is 0 Å². The molecule has 0 saturated carbocycles. The molecule has 0 nitrogen and oxygen atoms in total. The van der Waals surface area contributed by atoms with Crippen molar-refractivity contribution in [3.63, 3.8) is 0 Å². The van der Waals surface area contributed by atoms with E-state index in [1.54, 1.807) is 0 Å². The van der Waals surface area contributed by atoms with Crippen molar-refractivity contribution >= 4 is 38.9 Å². The second-order valence-electron chi connectivity index (χ2n) is 6.07. The highest BCUT2D eigenvalue weighted by Gasteiger charge is 1.97. The van der Waals surface area contributed by atoms with E-state index in [1.807, 2.05) is 6.07 Å². The monoisotopic (exact) mass is 384 g/mol. The fourth-order valence-corrected chi connectivity index (χ4v) is 3.33. The molecule has 0 aliphatic carbocycles. The van der Waals surface area contributed by atoms with Gasteiger partial charge in [0.25, 0.3) is 0 Å². The lowest BCUT2D eigenvalue weighted by Gasteiger charge is -2.03. The summed E-state index contributed by atoms with van der Waals surface area (Å²) in [5.41, 5.74) is 4.91. The third-order valence-electron chi connectivity index (χ3n) is 4.31. The topological polar surface area (TPSA) is 0 Å². The quantitative estimate of drug-likeness (QED) is 0.322. The molecule has 4 rings (SSSR count). The van der Waals surface area contributed by atoms with Crippen LogP contribution >= 0.6 is 15.9 Å². The lowest BCUT2D eigenvalue weighted by atomic mass is 10.0. The first kappa shape index (κ1) is 15.9. The van der Waals surface area contributed by atoms with Crippen LogP contribution < -0.4 is 0 Å². The van der Waals surface area contributed by atoms with Crippen LogP contribution in [0.1, 0.15) is 11.1 Å². The molecule has 120 valence electrons. The first-order valence-electron chi connectivity index (χ1n) is 8.31. The van der Waals surface area contributed by atoms with Gasteiger partial charge in [0.15, 0.2) is 0 Å². The number of benzene rings is 4. The van der Waals surface area contributed by atoms with E-state index in [1.165, 1.54) is 33.0 Å². The SMILES string of the molecule is Brc1ccc2cc(/C=C/c3ccc(-c4ccccc4)cc3)ccc2c1. The lowest BCUT2D eigenvalue weighted by molar-refractivity contribution is 1.60. The molecular formula is C24H17Br. The summed E-state index contributed by atoms with van der Waals surface area (Å²) >= 11 is 3.52. The molecule has 0 N–H and O–H groups in total. The van der Waals surface area contributed by atoms with Crippen LogP contribution in [0.25, 0.3) is 34.1 Å². The standard InChI is InChI=1S/C24H17Br/c25-24-15-14-22-16-19(10-13-23(22)17-24)7-6-18-8-11-21(12-9-18)20-4-2-1-3-5-20/h1-17H/b7-6+. The average molecular weight is 385 g/mol. The molecule has 0 fully saturated rings. The van der Waals surface area contributed by atoms with E-state index >= 15 is 0 Å². The third-order valence-corrected chi connectivity index (χ3v) is 4.81. The Hall–Kier alpha value is -2.64. The Labute approximate surface area is 156 Å². The third kappa shape index (κ3) is 3.72. The Morgan fingerprint density at radius 2 is 1.12 bits per heavy atom. The molecule has 0 saturated heterocycles. The van der Waals surface area contributed by atoms with E-state index < -0.39 is 0 Å². The van der Waals surface area contributed by atoms with Crippen molar-refractivity contribution in [1.29, 1.82) is 0 Å². The molecule has 0 unspecified atom stereocenters. The van der Waals surface area contributed by atoms with Crippen molar-refractivity contribution in [2.24, 2.45) is 0 Å². The van der Waals surface area contributed by atoms with E-state index in [4.69, 9.17) is 0 Å². The molecule has 0 amide bonds. The molecule has 0 atom stereocenters. The maximum Gasteiger partial charge on any atom is 0.0181 e. The van der Waals surface area contributed by atoms with Crippen LogP contribution in [-0.4, -0.2) is 0 Å². The smallest absolute Gasteiger partial charge is 0.0181 e. The van der Waals surface area contributed by atoms with Crippen molar-refractivity contribution in [2.75, 3.05) is 0 Å². The largest absolute Gasteiger partial charge is 0.0622 e. The summed E-state index contributed by atoms with van der Waals surface area (Å²) < 4.78 is 1.11. The first-order chi connectivity index (χ1) is 12.3. The van der Waals surface area contributed by atoms with Gasteiger partial charge in [-0.3, -0.25) is 0 Å². The van der Waals surface area contributed by atoms with Gasteiger partial charge in [0.05, 0.1) is 0 Å². The number of hydrogen-bond acceptors (Lipinski definition) is 0. The minimum Gasteiger partial charge on any atom is -0.0622 e. The number of fused-ring (bicyclic) bond motifs is 1.